The second-order valence-electron chi connectivity index (χ2n) is 8.49. The van der Waals surface area contributed by atoms with E-state index >= 15 is 0 Å². The number of benzene rings is 1. The lowest BCUT2D eigenvalue weighted by atomic mass is 10.1. The van der Waals surface area contributed by atoms with Crippen LogP contribution in [0.4, 0.5) is 4.79 Å². The standard InChI is InChI=1S/C28H36N4O6/c1-37-26(34)14-6-3-7-18-30-27(35)24(32-25(33)16-15-22-12-8-17-29-20-22)13-9-19-31-28(36)38-21-23-10-4-2-5-11-23/h2,4-5,8,10-12,15-17,20,24H,3,6-7,9,13-14,18-19,21H2,1H3,(H,30,35)(H,31,36)(H,32,33)/t24-/m0/s1. The third kappa shape index (κ3) is 13.2. The Morgan fingerprint density at radius 1 is 0.947 bits per heavy atom. The maximum Gasteiger partial charge on any atom is 0.407 e. The van der Waals surface area contributed by atoms with Crippen LogP contribution in [0.15, 0.2) is 60.9 Å². The van der Waals surface area contributed by atoms with Crippen LogP contribution in [0.25, 0.3) is 6.08 Å². The minimum absolute atomic E-state index is 0.163. The lowest BCUT2D eigenvalue weighted by Gasteiger charge is -2.18. The number of carbonyl (C=O) groups is 4. The van der Waals surface area contributed by atoms with Gasteiger partial charge in [0.05, 0.1) is 7.11 Å². The van der Waals surface area contributed by atoms with Crippen LogP contribution in [0.1, 0.15) is 49.7 Å². The van der Waals surface area contributed by atoms with Gasteiger partial charge in [0.25, 0.3) is 0 Å². The Hall–Kier alpha value is -4.21. The number of pyridine rings is 1. The fourth-order valence-electron chi connectivity index (χ4n) is 3.41. The summed E-state index contributed by atoms with van der Waals surface area (Å²) in [5.41, 5.74) is 1.64. The van der Waals surface area contributed by atoms with E-state index < -0.39 is 18.0 Å². The van der Waals surface area contributed by atoms with E-state index in [0.29, 0.717) is 38.6 Å². The number of rotatable bonds is 16. The number of nitrogens with zero attached hydrogens (tertiary/aromatic N) is 1. The molecule has 38 heavy (non-hydrogen) atoms. The number of amides is 3. The van der Waals surface area contributed by atoms with Gasteiger partial charge in [-0.25, -0.2) is 4.79 Å². The van der Waals surface area contributed by atoms with Crippen molar-refractivity contribution in [3.8, 4) is 0 Å². The number of unbranched alkanes of at least 4 members (excludes halogenated alkanes) is 2. The second-order valence-corrected chi connectivity index (χ2v) is 8.49. The Morgan fingerprint density at radius 3 is 2.47 bits per heavy atom. The van der Waals surface area contributed by atoms with Gasteiger partial charge < -0.3 is 25.4 Å². The van der Waals surface area contributed by atoms with Crippen LogP contribution in [0.5, 0.6) is 0 Å². The Labute approximate surface area is 223 Å². The van der Waals surface area contributed by atoms with Crippen LogP contribution in [-0.4, -0.2) is 55.1 Å². The molecule has 0 aliphatic rings. The van der Waals surface area contributed by atoms with E-state index in [-0.39, 0.29) is 25.0 Å². The maximum atomic E-state index is 12.8. The van der Waals surface area contributed by atoms with E-state index in [1.54, 1.807) is 24.5 Å². The summed E-state index contributed by atoms with van der Waals surface area (Å²) < 4.78 is 9.80. The highest BCUT2D eigenvalue weighted by Gasteiger charge is 2.19. The first-order chi connectivity index (χ1) is 18.5. The van der Waals surface area contributed by atoms with Gasteiger partial charge in [-0.1, -0.05) is 42.8 Å². The van der Waals surface area contributed by atoms with E-state index in [1.807, 2.05) is 36.4 Å². The van der Waals surface area contributed by atoms with E-state index in [0.717, 1.165) is 17.5 Å². The highest BCUT2D eigenvalue weighted by molar-refractivity contribution is 5.95. The fourth-order valence-corrected chi connectivity index (χ4v) is 3.41. The molecular weight excluding hydrogens is 488 g/mol. The normalized spacial score (nSPS) is 11.4. The lowest BCUT2D eigenvalue weighted by molar-refractivity contribution is -0.140. The molecule has 0 bridgehead atoms. The summed E-state index contributed by atoms with van der Waals surface area (Å²) in [6.07, 6.45) is 8.91. The first-order valence-corrected chi connectivity index (χ1v) is 12.7. The average Bonchev–Trinajstić information content (AvgIpc) is 2.95. The monoisotopic (exact) mass is 524 g/mol. The topological polar surface area (TPSA) is 136 Å². The summed E-state index contributed by atoms with van der Waals surface area (Å²) in [4.78, 5) is 52.4. The number of hydrogen-bond acceptors (Lipinski definition) is 7. The van der Waals surface area contributed by atoms with Gasteiger partial charge in [-0.15, -0.1) is 0 Å². The third-order valence-electron chi connectivity index (χ3n) is 5.48. The minimum Gasteiger partial charge on any atom is -0.469 e. The minimum atomic E-state index is -0.779. The zero-order valence-electron chi connectivity index (χ0n) is 21.7. The molecule has 0 aliphatic carbocycles. The lowest BCUT2D eigenvalue weighted by Crippen LogP contribution is -2.46. The number of alkyl carbamates (subject to hydrolysis) is 1. The summed E-state index contributed by atoms with van der Waals surface area (Å²) in [7, 11) is 1.35. The molecule has 204 valence electrons. The highest BCUT2D eigenvalue weighted by Crippen LogP contribution is 2.04. The van der Waals surface area contributed by atoms with Crippen molar-refractivity contribution in [2.75, 3.05) is 20.2 Å². The number of methoxy groups -OCH3 is 1. The molecule has 2 aromatic rings. The molecular formula is C28H36N4O6. The molecule has 10 nitrogen and oxygen atoms in total. The van der Waals surface area contributed by atoms with Gasteiger partial charge >= 0.3 is 12.1 Å². The van der Waals surface area contributed by atoms with Crippen molar-refractivity contribution in [3.63, 3.8) is 0 Å². The molecule has 0 spiro atoms. The van der Waals surface area contributed by atoms with Gasteiger partial charge in [0.15, 0.2) is 0 Å². The number of ether oxygens (including phenoxy) is 2. The van der Waals surface area contributed by atoms with E-state index in [1.165, 1.54) is 13.2 Å². The van der Waals surface area contributed by atoms with E-state index in [4.69, 9.17) is 4.74 Å². The molecule has 3 amide bonds. The molecule has 10 heteroatoms. The van der Waals surface area contributed by atoms with Crippen LogP contribution in [0.2, 0.25) is 0 Å². The van der Waals surface area contributed by atoms with Crippen molar-refractivity contribution < 1.29 is 28.7 Å². The SMILES string of the molecule is COC(=O)CCCCCNC(=O)[C@H](CCCNC(=O)OCc1ccccc1)NC(=O)C=Cc1cccnc1. The summed E-state index contributed by atoms with van der Waals surface area (Å²) in [6.45, 7) is 0.866. The largest absolute Gasteiger partial charge is 0.469 e. The number of carbonyl (C=O) groups excluding carboxylic acids is 4. The Balaban J connectivity index is 1.79. The molecule has 0 fully saturated rings. The predicted octanol–water partition coefficient (Wildman–Crippen LogP) is 3.14. The number of aromatic nitrogens is 1. The first kappa shape index (κ1) is 30.0. The molecule has 2 rings (SSSR count). The van der Waals surface area contributed by atoms with Gasteiger partial charge in [-0.3, -0.25) is 19.4 Å². The van der Waals surface area contributed by atoms with Crippen molar-refractivity contribution in [3.05, 3.63) is 72.1 Å². The molecule has 3 N–H and O–H groups in total. The zero-order chi connectivity index (χ0) is 27.4. The smallest absolute Gasteiger partial charge is 0.407 e. The molecule has 0 saturated heterocycles. The summed E-state index contributed by atoms with van der Waals surface area (Å²) in [6, 6.07) is 12.1. The first-order valence-electron chi connectivity index (χ1n) is 12.7. The number of hydrogen-bond donors (Lipinski definition) is 3. The number of esters is 1. The molecule has 1 aromatic carbocycles. The van der Waals surface area contributed by atoms with Crippen molar-refractivity contribution in [2.24, 2.45) is 0 Å². The van der Waals surface area contributed by atoms with E-state index in [2.05, 4.69) is 25.7 Å². The molecule has 1 atom stereocenters. The molecule has 0 aliphatic heterocycles. The summed E-state index contributed by atoms with van der Waals surface area (Å²) >= 11 is 0. The quantitative estimate of drug-likeness (QED) is 0.174. The van der Waals surface area contributed by atoms with Crippen molar-refractivity contribution in [2.45, 2.75) is 51.2 Å². The van der Waals surface area contributed by atoms with Crippen LogP contribution >= 0.6 is 0 Å². The average molecular weight is 525 g/mol. The van der Waals surface area contributed by atoms with Gasteiger partial charge in [0, 0.05) is 38.0 Å². The Bertz CT molecular complexity index is 1030. The predicted molar refractivity (Wildman–Crippen MR) is 143 cm³/mol. The molecule has 1 heterocycles. The van der Waals surface area contributed by atoms with Crippen LogP contribution in [0, 0.1) is 0 Å². The number of nitrogens with one attached hydrogen (secondary N) is 3. The van der Waals surface area contributed by atoms with Crippen molar-refractivity contribution in [1.82, 2.24) is 20.9 Å². The Kier molecular flexibility index (Phi) is 14.3. The molecule has 0 radical (unpaired) electrons. The van der Waals surface area contributed by atoms with E-state index in [9.17, 15) is 19.2 Å². The zero-order valence-corrected chi connectivity index (χ0v) is 21.7. The van der Waals surface area contributed by atoms with Crippen LogP contribution in [-0.2, 0) is 30.5 Å². The molecule has 1 aromatic heterocycles. The Morgan fingerprint density at radius 2 is 1.74 bits per heavy atom. The van der Waals surface area contributed by atoms with Crippen molar-refractivity contribution in [1.29, 1.82) is 0 Å². The fraction of sp³-hybridized carbons (Fsp3) is 0.393. The van der Waals surface area contributed by atoms with Crippen LogP contribution in [0.3, 0.4) is 0 Å². The van der Waals surface area contributed by atoms with Gasteiger partial charge in [0.2, 0.25) is 11.8 Å². The van der Waals surface area contributed by atoms with Gasteiger partial charge in [0.1, 0.15) is 12.6 Å². The maximum absolute atomic E-state index is 12.8. The summed E-state index contributed by atoms with van der Waals surface area (Å²) in [5.74, 6) is -0.983. The summed E-state index contributed by atoms with van der Waals surface area (Å²) in [5, 5.41) is 8.23. The van der Waals surface area contributed by atoms with Crippen molar-refractivity contribution >= 4 is 30.0 Å². The molecule has 0 saturated carbocycles. The third-order valence-corrected chi connectivity index (χ3v) is 5.48. The molecule has 0 unspecified atom stereocenters. The van der Waals surface area contributed by atoms with Crippen LogP contribution < -0.4 is 16.0 Å². The second kappa shape index (κ2) is 18.1. The van der Waals surface area contributed by atoms with Gasteiger partial charge in [-0.05, 0) is 49.0 Å². The van der Waals surface area contributed by atoms with Gasteiger partial charge in [-0.2, -0.15) is 0 Å². The highest BCUT2D eigenvalue weighted by atomic mass is 16.5.